The number of aryl methyl sites for hydroxylation is 2. The highest BCUT2D eigenvalue weighted by Gasteiger charge is 2.35. The molecule has 2 unspecified atom stereocenters. The van der Waals surface area contributed by atoms with Crippen LogP contribution >= 0.6 is 0 Å². The Labute approximate surface area is 310 Å². The standard InChI is InChI=1S/C19H25F3N2.C9H20.C8H18O.2C4H10/c1-13(2)5-8-18-12-15(4)23-24(18)17-9-6-16(7-10-17)11-14(3)19(20,21)22;1-4-6-7-8-9(3)5-2;1-3-5-6-8-9-7-4-2;2*1-3-4-2/h6-7,9-10,12-14H,5,8,11H2,1-4H3;9H,4-8H2,1-3H3;3-8H2,1-2H3;2*3-4H2,1-2H3. The molecule has 2 aromatic rings. The van der Waals surface area contributed by atoms with Gasteiger partial charge in [0.25, 0.3) is 0 Å². The van der Waals surface area contributed by atoms with Crippen LogP contribution in [0.15, 0.2) is 30.3 Å². The molecule has 0 saturated carbocycles. The van der Waals surface area contributed by atoms with Crippen molar-refractivity contribution in [1.29, 1.82) is 0 Å². The second-order valence-corrected chi connectivity index (χ2v) is 14.3. The van der Waals surface area contributed by atoms with Gasteiger partial charge in [-0.15, -0.1) is 0 Å². The van der Waals surface area contributed by atoms with E-state index in [0.717, 1.165) is 55.5 Å². The molecule has 0 aliphatic heterocycles. The number of nitrogens with zero attached hydrogens (tertiary/aromatic N) is 2. The third-order valence-corrected chi connectivity index (χ3v) is 8.40. The SMILES string of the molecule is CCCC.CCCC.CCCCCC(C)CC.CCCCCOCCC.Cc1cc(CCC(C)C)n(-c2ccc(CC(C)C(F)(F)F)cc2)n1. The van der Waals surface area contributed by atoms with E-state index in [1.807, 2.05) is 23.7 Å². The van der Waals surface area contributed by atoms with Gasteiger partial charge >= 0.3 is 6.18 Å². The number of unbranched alkanes of at least 4 members (excludes halogenated alkanes) is 6. The fourth-order valence-electron chi connectivity index (χ4n) is 4.28. The topological polar surface area (TPSA) is 27.1 Å². The number of aromatic nitrogens is 2. The highest BCUT2D eigenvalue weighted by Crippen LogP contribution is 2.29. The summed E-state index contributed by atoms with van der Waals surface area (Å²) in [6.45, 7) is 29.4. The lowest BCUT2D eigenvalue weighted by atomic mass is 10.0. The molecule has 1 aromatic carbocycles. The number of halogens is 3. The summed E-state index contributed by atoms with van der Waals surface area (Å²) in [5.74, 6) is 0.230. The molecule has 0 aliphatic rings. The summed E-state index contributed by atoms with van der Waals surface area (Å²) in [5, 5.41) is 4.53. The molecule has 0 N–H and O–H groups in total. The molecule has 0 bridgehead atoms. The predicted molar refractivity (Wildman–Crippen MR) is 216 cm³/mol. The fourth-order valence-corrected chi connectivity index (χ4v) is 4.28. The van der Waals surface area contributed by atoms with E-state index in [1.54, 1.807) is 12.1 Å². The molecule has 3 nitrogen and oxygen atoms in total. The smallest absolute Gasteiger partial charge is 0.381 e. The van der Waals surface area contributed by atoms with Crippen molar-refractivity contribution in [2.75, 3.05) is 13.2 Å². The lowest BCUT2D eigenvalue weighted by Gasteiger charge is -2.15. The third-order valence-electron chi connectivity index (χ3n) is 8.40. The summed E-state index contributed by atoms with van der Waals surface area (Å²) in [4.78, 5) is 0. The Morgan fingerprint density at radius 2 is 1.22 bits per heavy atom. The second kappa shape index (κ2) is 35.6. The average molecular weight is 713 g/mol. The van der Waals surface area contributed by atoms with Crippen LogP contribution in [0.4, 0.5) is 13.2 Å². The Morgan fingerprint density at radius 3 is 1.66 bits per heavy atom. The van der Waals surface area contributed by atoms with Crippen molar-refractivity contribution in [3.8, 4) is 5.69 Å². The molecule has 2 atom stereocenters. The molecule has 0 spiro atoms. The first-order valence-corrected chi connectivity index (χ1v) is 20.5. The third kappa shape index (κ3) is 32.1. The van der Waals surface area contributed by atoms with E-state index >= 15 is 0 Å². The van der Waals surface area contributed by atoms with Gasteiger partial charge in [-0.1, -0.05) is 166 Å². The lowest BCUT2D eigenvalue weighted by molar-refractivity contribution is -0.169. The normalized spacial score (nSPS) is 11.9. The number of hydrogen-bond acceptors (Lipinski definition) is 2. The van der Waals surface area contributed by atoms with Crippen molar-refractivity contribution < 1.29 is 17.9 Å². The van der Waals surface area contributed by atoms with Crippen LogP contribution in [0.2, 0.25) is 0 Å². The quantitative estimate of drug-likeness (QED) is 0.136. The summed E-state index contributed by atoms with van der Waals surface area (Å²) >= 11 is 0. The van der Waals surface area contributed by atoms with Crippen LogP contribution < -0.4 is 0 Å². The van der Waals surface area contributed by atoms with Crippen molar-refractivity contribution in [3.63, 3.8) is 0 Å². The molecule has 0 aliphatic carbocycles. The predicted octanol–water partition coefficient (Wildman–Crippen LogP) is 15.3. The fraction of sp³-hybridized carbons (Fsp3) is 0.795. The van der Waals surface area contributed by atoms with Crippen LogP contribution in [0, 0.1) is 24.7 Å². The van der Waals surface area contributed by atoms with Crippen molar-refractivity contribution in [1.82, 2.24) is 9.78 Å². The molecule has 6 heteroatoms. The van der Waals surface area contributed by atoms with E-state index in [0.29, 0.717) is 11.5 Å². The van der Waals surface area contributed by atoms with Crippen molar-refractivity contribution in [2.24, 2.45) is 17.8 Å². The maximum absolute atomic E-state index is 12.7. The van der Waals surface area contributed by atoms with E-state index < -0.39 is 12.1 Å². The minimum Gasteiger partial charge on any atom is -0.381 e. The Bertz CT molecular complexity index is 939. The summed E-state index contributed by atoms with van der Waals surface area (Å²) in [6.07, 6.45) is 15.1. The molecule has 0 fully saturated rings. The number of ether oxygens (including phenoxy) is 1. The number of hydrogen-bond donors (Lipinski definition) is 0. The van der Waals surface area contributed by atoms with Gasteiger partial charge in [-0.25, -0.2) is 4.68 Å². The highest BCUT2D eigenvalue weighted by atomic mass is 19.4. The van der Waals surface area contributed by atoms with Crippen LogP contribution in [0.5, 0.6) is 0 Å². The molecule has 296 valence electrons. The maximum Gasteiger partial charge on any atom is 0.391 e. The van der Waals surface area contributed by atoms with Gasteiger partial charge in [0.05, 0.1) is 17.3 Å². The van der Waals surface area contributed by atoms with Crippen molar-refractivity contribution in [3.05, 3.63) is 47.3 Å². The summed E-state index contributed by atoms with van der Waals surface area (Å²) in [6, 6.07) is 9.30. The molecule has 2 rings (SSSR count). The Hall–Kier alpha value is -1.82. The number of rotatable bonds is 19. The summed E-state index contributed by atoms with van der Waals surface area (Å²) in [5.41, 5.74) is 3.67. The Morgan fingerprint density at radius 1 is 0.680 bits per heavy atom. The molecule has 0 saturated heterocycles. The Balaban J connectivity index is -0.000000697. The average Bonchev–Trinajstić information content (AvgIpc) is 3.48. The molecule has 1 aromatic heterocycles. The van der Waals surface area contributed by atoms with Crippen molar-refractivity contribution in [2.45, 2.75) is 199 Å². The van der Waals surface area contributed by atoms with Gasteiger partial charge < -0.3 is 4.74 Å². The van der Waals surface area contributed by atoms with Gasteiger partial charge in [0.15, 0.2) is 0 Å². The summed E-state index contributed by atoms with van der Waals surface area (Å²) < 4.78 is 45.2. The van der Waals surface area contributed by atoms with Crippen molar-refractivity contribution >= 4 is 0 Å². The van der Waals surface area contributed by atoms with E-state index in [4.69, 9.17) is 4.74 Å². The minimum atomic E-state index is -4.15. The first-order valence-electron chi connectivity index (χ1n) is 20.5. The van der Waals surface area contributed by atoms with Crippen LogP contribution in [0.25, 0.3) is 5.69 Å². The molecule has 1 heterocycles. The number of alkyl halides is 3. The Kier molecular flexibility index (Phi) is 37.4. The lowest BCUT2D eigenvalue weighted by Crippen LogP contribution is -2.21. The zero-order chi connectivity index (χ0) is 38.8. The largest absolute Gasteiger partial charge is 0.391 e. The highest BCUT2D eigenvalue weighted by molar-refractivity contribution is 5.36. The van der Waals surface area contributed by atoms with Crippen LogP contribution in [-0.4, -0.2) is 29.2 Å². The van der Waals surface area contributed by atoms with E-state index in [-0.39, 0.29) is 6.42 Å². The van der Waals surface area contributed by atoms with Gasteiger partial charge in [0.1, 0.15) is 0 Å². The van der Waals surface area contributed by atoms with Crippen LogP contribution in [0.1, 0.15) is 190 Å². The maximum atomic E-state index is 12.7. The zero-order valence-electron chi connectivity index (χ0n) is 35.3. The molecule has 0 amide bonds. The van der Waals surface area contributed by atoms with E-state index in [9.17, 15) is 13.2 Å². The van der Waals surface area contributed by atoms with Crippen LogP contribution in [-0.2, 0) is 17.6 Å². The molecule has 0 radical (unpaired) electrons. The van der Waals surface area contributed by atoms with Gasteiger partial charge in [0.2, 0.25) is 0 Å². The van der Waals surface area contributed by atoms with Gasteiger partial charge in [-0.2, -0.15) is 18.3 Å². The second-order valence-electron chi connectivity index (χ2n) is 14.3. The first-order chi connectivity index (χ1) is 23.7. The minimum absolute atomic E-state index is 0.00210. The monoisotopic (exact) mass is 713 g/mol. The number of benzene rings is 1. The molecular weight excluding hydrogens is 629 g/mol. The van der Waals surface area contributed by atoms with E-state index in [1.165, 1.54) is 84.0 Å². The molecular formula is C44H83F3N2O. The van der Waals surface area contributed by atoms with Gasteiger partial charge in [-0.3, -0.25) is 0 Å². The zero-order valence-corrected chi connectivity index (χ0v) is 35.3. The van der Waals surface area contributed by atoms with Gasteiger partial charge in [-0.05, 0) is 74.6 Å². The molecule has 50 heavy (non-hydrogen) atoms. The van der Waals surface area contributed by atoms with Gasteiger partial charge in [0, 0.05) is 18.9 Å². The first kappa shape index (κ1) is 52.5. The van der Waals surface area contributed by atoms with Crippen LogP contribution in [0.3, 0.4) is 0 Å². The summed E-state index contributed by atoms with van der Waals surface area (Å²) in [7, 11) is 0. The van der Waals surface area contributed by atoms with E-state index in [2.05, 4.69) is 87.3 Å².